The van der Waals surface area contributed by atoms with Crippen LogP contribution in [0.5, 0.6) is 0 Å². The monoisotopic (exact) mass is 329 g/mol. The first kappa shape index (κ1) is 16.4. The molecule has 1 aliphatic rings. The molecule has 0 unspecified atom stereocenters. The second-order valence-electron chi connectivity index (χ2n) is 5.68. The number of carbonyl (C=O) groups excluding carboxylic acids is 2. The number of amides is 2. The van der Waals surface area contributed by atoms with Gasteiger partial charge < -0.3 is 0 Å². The van der Waals surface area contributed by atoms with Gasteiger partial charge in [-0.15, -0.1) is 22.9 Å². The molecule has 0 aliphatic carbocycles. The maximum atomic E-state index is 11.8. The summed E-state index contributed by atoms with van der Waals surface area (Å²) in [6.07, 6.45) is 2.83. The third-order valence-corrected chi connectivity index (χ3v) is 4.97. The number of thiazole rings is 1. The highest BCUT2D eigenvalue weighted by molar-refractivity contribution is 7.09. The average molecular weight is 330 g/mol. The van der Waals surface area contributed by atoms with E-state index < -0.39 is 5.54 Å². The van der Waals surface area contributed by atoms with E-state index in [0.717, 1.165) is 36.5 Å². The molecule has 5 nitrogen and oxygen atoms in total. The number of aromatic nitrogens is 1. The number of rotatable bonds is 6. The van der Waals surface area contributed by atoms with Crippen molar-refractivity contribution in [2.24, 2.45) is 0 Å². The number of hydrogen-bond acceptors (Lipinski definition) is 5. The van der Waals surface area contributed by atoms with E-state index in [1.807, 2.05) is 24.1 Å². The highest BCUT2D eigenvalue weighted by Crippen LogP contribution is 2.19. The first-order chi connectivity index (χ1) is 9.93. The predicted molar refractivity (Wildman–Crippen MR) is 83.4 cm³/mol. The van der Waals surface area contributed by atoms with Crippen LogP contribution in [0.3, 0.4) is 0 Å². The number of nitrogens with zero attached hydrogens (tertiary/aromatic N) is 2. The Morgan fingerprint density at radius 2 is 2.19 bits per heavy atom. The van der Waals surface area contributed by atoms with E-state index in [-0.39, 0.29) is 18.4 Å². The summed E-state index contributed by atoms with van der Waals surface area (Å²) in [6, 6.07) is 0. The Morgan fingerprint density at radius 3 is 2.86 bits per heavy atom. The lowest BCUT2D eigenvalue weighted by Gasteiger charge is -2.40. The largest absolute Gasteiger partial charge is 0.294 e. The van der Waals surface area contributed by atoms with Crippen molar-refractivity contribution in [2.45, 2.75) is 44.5 Å². The lowest BCUT2D eigenvalue weighted by molar-refractivity contribution is -0.145. The van der Waals surface area contributed by atoms with Crippen molar-refractivity contribution in [3.63, 3.8) is 0 Å². The van der Waals surface area contributed by atoms with Gasteiger partial charge in [0.05, 0.1) is 28.7 Å². The summed E-state index contributed by atoms with van der Waals surface area (Å²) in [7, 11) is 0. The summed E-state index contributed by atoms with van der Waals surface area (Å²) >= 11 is 7.36. The average Bonchev–Trinajstić information content (AvgIpc) is 2.88. The molecule has 0 aromatic carbocycles. The molecule has 2 amide bonds. The molecule has 1 aromatic heterocycles. The fraction of sp³-hybridized carbons (Fsp3) is 0.643. The molecule has 1 aromatic rings. The molecular formula is C14H20ClN3O2S. The van der Waals surface area contributed by atoms with E-state index in [1.54, 1.807) is 11.3 Å². The Balaban J connectivity index is 1.79. The molecule has 2 rings (SSSR count). The van der Waals surface area contributed by atoms with Crippen molar-refractivity contribution in [1.82, 2.24) is 15.2 Å². The van der Waals surface area contributed by atoms with Gasteiger partial charge in [0.15, 0.2) is 0 Å². The molecule has 0 bridgehead atoms. The topological polar surface area (TPSA) is 62.3 Å². The second kappa shape index (κ2) is 6.85. The van der Waals surface area contributed by atoms with Gasteiger partial charge in [-0.05, 0) is 39.7 Å². The number of imide groups is 1. The Bertz CT molecular complexity index is 530. The summed E-state index contributed by atoms with van der Waals surface area (Å²) in [5.41, 5.74) is 0.303. The number of halogens is 1. The zero-order valence-corrected chi connectivity index (χ0v) is 13.9. The molecule has 1 saturated heterocycles. The smallest absolute Gasteiger partial charge is 0.246 e. The normalized spacial score (nSPS) is 18.8. The van der Waals surface area contributed by atoms with Gasteiger partial charge >= 0.3 is 0 Å². The summed E-state index contributed by atoms with van der Waals surface area (Å²) in [5.74, 6) is 0.0202. The number of carbonyl (C=O) groups is 2. The van der Waals surface area contributed by atoms with Gasteiger partial charge in [-0.1, -0.05) is 0 Å². The van der Waals surface area contributed by atoms with Crippen LogP contribution in [0.1, 0.15) is 37.4 Å². The lowest BCUT2D eigenvalue weighted by Crippen LogP contribution is -2.64. The van der Waals surface area contributed by atoms with Crippen molar-refractivity contribution >= 4 is 34.8 Å². The zero-order chi connectivity index (χ0) is 15.5. The molecule has 7 heteroatoms. The van der Waals surface area contributed by atoms with Crippen molar-refractivity contribution in [3.05, 3.63) is 16.1 Å². The van der Waals surface area contributed by atoms with E-state index in [1.165, 1.54) is 0 Å². The predicted octanol–water partition coefficient (Wildman–Crippen LogP) is 1.94. The van der Waals surface area contributed by atoms with Crippen LogP contribution in [-0.4, -0.2) is 40.3 Å². The van der Waals surface area contributed by atoms with Crippen molar-refractivity contribution < 1.29 is 9.59 Å². The standard InChI is InChI=1S/C14H20ClN3O2S/c1-14(2)13(20)17-11(19)8-18(14)6-4-3-5-12-16-10(7-15)9-21-12/h9H,3-8H2,1-2H3,(H,17,19,20). The fourth-order valence-electron chi connectivity index (χ4n) is 2.30. The third-order valence-electron chi connectivity index (χ3n) is 3.74. The molecule has 21 heavy (non-hydrogen) atoms. The van der Waals surface area contributed by atoms with Crippen LogP contribution >= 0.6 is 22.9 Å². The van der Waals surface area contributed by atoms with Crippen LogP contribution in [0, 0.1) is 0 Å². The van der Waals surface area contributed by atoms with Crippen molar-refractivity contribution in [3.8, 4) is 0 Å². The highest BCUT2D eigenvalue weighted by Gasteiger charge is 2.40. The van der Waals surface area contributed by atoms with Gasteiger partial charge in [-0.3, -0.25) is 19.8 Å². The van der Waals surface area contributed by atoms with Crippen molar-refractivity contribution in [1.29, 1.82) is 0 Å². The van der Waals surface area contributed by atoms with Gasteiger partial charge in [0, 0.05) is 5.38 Å². The maximum absolute atomic E-state index is 11.8. The van der Waals surface area contributed by atoms with Crippen LogP contribution in [0.2, 0.25) is 0 Å². The highest BCUT2D eigenvalue weighted by atomic mass is 35.5. The van der Waals surface area contributed by atoms with Crippen LogP contribution in [-0.2, 0) is 21.9 Å². The number of unbranched alkanes of at least 4 members (excludes halogenated alkanes) is 1. The molecule has 0 radical (unpaired) electrons. The zero-order valence-electron chi connectivity index (χ0n) is 12.3. The van der Waals surface area contributed by atoms with Crippen LogP contribution in [0.4, 0.5) is 0 Å². The van der Waals surface area contributed by atoms with Gasteiger partial charge in [0.2, 0.25) is 11.8 Å². The first-order valence-corrected chi connectivity index (χ1v) is 8.43. The molecule has 0 atom stereocenters. The molecule has 1 N–H and O–H groups in total. The number of hydrogen-bond donors (Lipinski definition) is 1. The van der Waals surface area contributed by atoms with E-state index in [9.17, 15) is 9.59 Å². The minimum atomic E-state index is -0.624. The van der Waals surface area contributed by atoms with Gasteiger partial charge in [0.1, 0.15) is 0 Å². The number of aryl methyl sites for hydroxylation is 1. The van der Waals surface area contributed by atoms with Crippen molar-refractivity contribution in [2.75, 3.05) is 13.1 Å². The number of alkyl halides is 1. The molecular weight excluding hydrogens is 310 g/mol. The Morgan fingerprint density at radius 1 is 1.43 bits per heavy atom. The maximum Gasteiger partial charge on any atom is 0.246 e. The Hall–Kier alpha value is -0.980. The molecule has 2 heterocycles. The quantitative estimate of drug-likeness (QED) is 0.492. The van der Waals surface area contributed by atoms with E-state index in [4.69, 9.17) is 11.6 Å². The molecule has 0 spiro atoms. The molecule has 116 valence electrons. The fourth-order valence-corrected chi connectivity index (χ4v) is 3.36. The minimum absolute atomic E-state index is 0.217. The first-order valence-electron chi connectivity index (χ1n) is 7.02. The second-order valence-corrected chi connectivity index (χ2v) is 6.89. The number of piperazine rings is 1. The minimum Gasteiger partial charge on any atom is -0.294 e. The van der Waals surface area contributed by atoms with Gasteiger partial charge in [0.25, 0.3) is 0 Å². The van der Waals surface area contributed by atoms with Crippen LogP contribution in [0.25, 0.3) is 0 Å². The Kier molecular flexibility index (Phi) is 5.35. The summed E-state index contributed by atoms with van der Waals surface area (Å²) in [5, 5.41) is 5.46. The molecule has 1 fully saturated rings. The van der Waals surface area contributed by atoms with Gasteiger partial charge in [-0.2, -0.15) is 0 Å². The summed E-state index contributed by atoms with van der Waals surface area (Å²) < 4.78 is 0. The summed E-state index contributed by atoms with van der Waals surface area (Å²) in [6.45, 7) is 4.72. The number of nitrogens with one attached hydrogen (secondary N) is 1. The van der Waals surface area contributed by atoms with E-state index >= 15 is 0 Å². The Labute approximate surface area is 133 Å². The summed E-state index contributed by atoms with van der Waals surface area (Å²) in [4.78, 5) is 29.7. The van der Waals surface area contributed by atoms with E-state index in [2.05, 4.69) is 10.3 Å². The molecule has 1 aliphatic heterocycles. The SMILES string of the molecule is CC1(C)C(=O)NC(=O)CN1CCCCc1nc(CCl)cs1. The lowest BCUT2D eigenvalue weighted by atomic mass is 9.98. The van der Waals surface area contributed by atoms with Gasteiger partial charge in [-0.25, -0.2) is 4.98 Å². The third kappa shape index (κ3) is 4.02. The van der Waals surface area contributed by atoms with Crippen LogP contribution in [0.15, 0.2) is 5.38 Å². The molecule has 0 saturated carbocycles. The van der Waals surface area contributed by atoms with Crippen LogP contribution < -0.4 is 5.32 Å². The van der Waals surface area contributed by atoms with E-state index in [0.29, 0.717) is 5.88 Å².